The second kappa shape index (κ2) is 6.42. The van der Waals surface area contributed by atoms with E-state index in [4.69, 9.17) is 0 Å². The Morgan fingerprint density at radius 1 is 1.07 bits per heavy atom. The second-order valence-electron chi connectivity index (χ2n) is 7.02. The molecule has 0 spiro atoms. The first-order valence-corrected chi connectivity index (χ1v) is 9.06. The molecule has 1 aliphatic rings. The highest BCUT2D eigenvalue weighted by molar-refractivity contribution is 5.93. The quantitative estimate of drug-likeness (QED) is 0.431. The first kappa shape index (κ1) is 16.9. The molecule has 0 aliphatic carbocycles. The molecule has 1 unspecified atom stereocenters. The number of aromatic nitrogens is 4. The number of nitrogens with zero attached hydrogens (tertiary/aromatic N) is 2. The molecular formula is C20H18F2N6. The molecule has 0 saturated carbocycles. The van der Waals surface area contributed by atoms with E-state index < -0.39 is 11.6 Å². The standard InChI is InChI=1S/C20H18F2N6/c1-10(11-4-12(21)6-13(22)5-11)24-14-2-3-16-15(7-14)19(28-27-16)20-25-17-8-23-9-18(17)26-20/h2-7,10,23-24H,8-9H2,1H3,(H,25,26)(H,27,28). The summed E-state index contributed by atoms with van der Waals surface area (Å²) in [6, 6.07) is 9.06. The lowest BCUT2D eigenvalue weighted by Gasteiger charge is -2.16. The Labute approximate surface area is 159 Å². The fourth-order valence-corrected chi connectivity index (χ4v) is 3.60. The molecule has 0 radical (unpaired) electrons. The molecule has 3 heterocycles. The van der Waals surface area contributed by atoms with E-state index in [1.54, 1.807) is 0 Å². The zero-order chi connectivity index (χ0) is 19.3. The van der Waals surface area contributed by atoms with Crippen molar-refractivity contribution < 1.29 is 8.78 Å². The third-order valence-corrected chi connectivity index (χ3v) is 5.01. The molecule has 2 aromatic carbocycles. The summed E-state index contributed by atoms with van der Waals surface area (Å²) in [5.74, 6) is -0.441. The number of anilines is 1. The van der Waals surface area contributed by atoms with E-state index in [1.165, 1.54) is 12.1 Å². The first-order valence-electron chi connectivity index (χ1n) is 9.06. The van der Waals surface area contributed by atoms with Crippen LogP contribution in [-0.4, -0.2) is 20.2 Å². The monoisotopic (exact) mass is 380 g/mol. The highest BCUT2D eigenvalue weighted by atomic mass is 19.1. The number of H-pyrrole nitrogens is 2. The minimum atomic E-state index is -0.586. The van der Waals surface area contributed by atoms with Crippen LogP contribution in [0.2, 0.25) is 0 Å². The molecular weight excluding hydrogens is 362 g/mol. The number of halogens is 2. The number of benzene rings is 2. The lowest BCUT2D eigenvalue weighted by Crippen LogP contribution is -2.07. The summed E-state index contributed by atoms with van der Waals surface area (Å²) in [6.45, 7) is 3.39. The number of hydrogen-bond acceptors (Lipinski definition) is 4. The van der Waals surface area contributed by atoms with Gasteiger partial charge in [-0.15, -0.1) is 0 Å². The van der Waals surface area contributed by atoms with Gasteiger partial charge in [-0.25, -0.2) is 13.8 Å². The number of nitrogens with one attached hydrogen (secondary N) is 4. The molecule has 1 atom stereocenters. The van der Waals surface area contributed by atoms with Crippen LogP contribution in [0.15, 0.2) is 36.4 Å². The van der Waals surface area contributed by atoms with E-state index in [2.05, 4.69) is 30.8 Å². The lowest BCUT2D eigenvalue weighted by molar-refractivity contribution is 0.577. The molecule has 2 aromatic heterocycles. The van der Waals surface area contributed by atoms with Crippen LogP contribution < -0.4 is 10.6 Å². The maximum absolute atomic E-state index is 13.5. The van der Waals surface area contributed by atoms with E-state index in [1.807, 2.05) is 25.1 Å². The Morgan fingerprint density at radius 3 is 2.68 bits per heavy atom. The van der Waals surface area contributed by atoms with E-state index in [-0.39, 0.29) is 6.04 Å². The highest BCUT2D eigenvalue weighted by Crippen LogP contribution is 2.30. The van der Waals surface area contributed by atoms with Gasteiger partial charge in [0.05, 0.1) is 16.9 Å². The van der Waals surface area contributed by atoms with Crippen molar-refractivity contribution >= 4 is 16.6 Å². The second-order valence-corrected chi connectivity index (χ2v) is 7.02. The van der Waals surface area contributed by atoms with Crippen LogP contribution in [0.1, 0.15) is 29.9 Å². The van der Waals surface area contributed by atoms with Crippen LogP contribution in [0, 0.1) is 11.6 Å². The number of fused-ring (bicyclic) bond motifs is 2. The molecule has 8 heteroatoms. The van der Waals surface area contributed by atoms with Crippen molar-refractivity contribution in [2.45, 2.75) is 26.1 Å². The third-order valence-electron chi connectivity index (χ3n) is 5.01. The van der Waals surface area contributed by atoms with Crippen molar-refractivity contribution in [3.8, 4) is 11.5 Å². The predicted molar refractivity (Wildman–Crippen MR) is 103 cm³/mol. The average molecular weight is 380 g/mol. The van der Waals surface area contributed by atoms with Crippen molar-refractivity contribution in [1.82, 2.24) is 25.5 Å². The van der Waals surface area contributed by atoms with Gasteiger partial charge in [0, 0.05) is 36.3 Å². The van der Waals surface area contributed by atoms with Crippen molar-refractivity contribution in [2.24, 2.45) is 0 Å². The Hall–Kier alpha value is -3.26. The Bertz CT molecular complexity index is 1140. The maximum atomic E-state index is 13.5. The highest BCUT2D eigenvalue weighted by Gasteiger charge is 2.19. The lowest BCUT2D eigenvalue weighted by atomic mass is 10.1. The molecule has 28 heavy (non-hydrogen) atoms. The number of imidazole rings is 1. The topological polar surface area (TPSA) is 81.4 Å². The van der Waals surface area contributed by atoms with Crippen molar-refractivity contribution in [3.05, 3.63) is 65.0 Å². The molecule has 0 fully saturated rings. The van der Waals surface area contributed by atoms with Gasteiger partial charge in [0.2, 0.25) is 0 Å². The zero-order valence-corrected chi connectivity index (χ0v) is 15.1. The Kier molecular flexibility index (Phi) is 3.87. The summed E-state index contributed by atoms with van der Waals surface area (Å²) in [4.78, 5) is 7.96. The molecule has 4 N–H and O–H groups in total. The number of aromatic amines is 2. The first-order chi connectivity index (χ1) is 13.6. The minimum absolute atomic E-state index is 0.267. The van der Waals surface area contributed by atoms with Gasteiger partial charge in [-0.1, -0.05) is 0 Å². The summed E-state index contributed by atoms with van der Waals surface area (Å²) in [7, 11) is 0. The van der Waals surface area contributed by atoms with Gasteiger partial charge in [0.25, 0.3) is 0 Å². The normalized spacial score (nSPS) is 14.4. The molecule has 1 aliphatic heterocycles. The van der Waals surface area contributed by atoms with Gasteiger partial charge >= 0.3 is 0 Å². The largest absolute Gasteiger partial charge is 0.378 e. The zero-order valence-electron chi connectivity index (χ0n) is 15.1. The minimum Gasteiger partial charge on any atom is -0.378 e. The summed E-state index contributed by atoms with van der Waals surface area (Å²) >= 11 is 0. The number of rotatable bonds is 4. The van der Waals surface area contributed by atoms with Crippen molar-refractivity contribution in [1.29, 1.82) is 0 Å². The summed E-state index contributed by atoms with van der Waals surface area (Å²) in [5.41, 5.74) is 5.11. The van der Waals surface area contributed by atoms with Crippen LogP contribution >= 0.6 is 0 Å². The number of hydrogen-bond donors (Lipinski definition) is 4. The third kappa shape index (κ3) is 2.91. The van der Waals surface area contributed by atoms with Gasteiger partial charge in [-0.3, -0.25) is 5.10 Å². The van der Waals surface area contributed by atoms with Gasteiger partial charge < -0.3 is 15.6 Å². The van der Waals surface area contributed by atoms with Crippen LogP contribution in [0.4, 0.5) is 14.5 Å². The average Bonchev–Trinajstić information content (AvgIpc) is 3.34. The van der Waals surface area contributed by atoms with Gasteiger partial charge in [0.1, 0.15) is 17.3 Å². The van der Waals surface area contributed by atoms with Crippen molar-refractivity contribution in [3.63, 3.8) is 0 Å². The van der Waals surface area contributed by atoms with Crippen molar-refractivity contribution in [2.75, 3.05) is 5.32 Å². The molecule has 4 aromatic rings. The van der Waals surface area contributed by atoms with Gasteiger partial charge in [0.15, 0.2) is 5.82 Å². The molecule has 0 saturated heterocycles. The molecule has 142 valence electrons. The van der Waals surface area contributed by atoms with Crippen LogP contribution in [0.3, 0.4) is 0 Å². The van der Waals surface area contributed by atoms with E-state index in [0.29, 0.717) is 5.56 Å². The summed E-state index contributed by atoms with van der Waals surface area (Å²) in [6.07, 6.45) is 0. The van der Waals surface area contributed by atoms with Crippen LogP contribution in [-0.2, 0) is 13.1 Å². The maximum Gasteiger partial charge on any atom is 0.159 e. The van der Waals surface area contributed by atoms with Crippen LogP contribution in [0.25, 0.3) is 22.4 Å². The molecule has 5 rings (SSSR count). The van der Waals surface area contributed by atoms with E-state index in [9.17, 15) is 8.78 Å². The van der Waals surface area contributed by atoms with E-state index >= 15 is 0 Å². The summed E-state index contributed by atoms with van der Waals surface area (Å²) < 4.78 is 27.0. The fourth-order valence-electron chi connectivity index (χ4n) is 3.60. The van der Waals surface area contributed by atoms with Gasteiger partial charge in [-0.05, 0) is 42.8 Å². The molecule has 0 bridgehead atoms. The Balaban J connectivity index is 1.47. The SMILES string of the molecule is CC(Nc1ccc2[nH]nc(-c3nc4c([nH]3)CNC4)c2c1)c1cc(F)cc(F)c1. The summed E-state index contributed by atoms with van der Waals surface area (Å²) in [5, 5.41) is 14.9. The Morgan fingerprint density at radius 2 is 1.89 bits per heavy atom. The smallest absolute Gasteiger partial charge is 0.159 e. The molecule has 0 amide bonds. The van der Waals surface area contributed by atoms with Gasteiger partial charge in [-0.2, -0.15) is 5.10 Å². The molecule has 6 nitrogen and oxygen atoms in total. The van der Waals surface area contributed by atoms with Crippen LogP contribution in [0.5, 0.6) is 0 Å². The predicted octanol–water partition coefficient (Wildman–Crippen LogP) is 4.01. The van der Waals surface area contributed by atoms with E-state index in [0.717, 1.165) is 58.7 Å². The fraction of sp³-hybridized carbons (Fsp3) is 0.200.